The Kier molecular flexibility index (Phi) is 4.30. The number of halogens is 1. The normalized spacial score (nSPS) is 11.9. The predicted molar refractivity (Wildman–Crippen MR) is 63.4 cm³/mol. The molecule has 1 aromatic rings. The number of carbonyl (C=O) groups excluding carboxylic acids is 2. The van der Waals surface area contributed by atoms with E-state index in [1.807, 2.05) is 0 Å². The van der Waals surface area contributed by atoms with Gasteiger partial charge >= 0.3 is 0 Å². The van der Waals surface area contributed by atoms with Gasteiger partial charge < -0.3 is 21.9 Å². The van der Waals surface area contributed by atoms with Crippen LogP contribution in [0.5, 0.6) is 0 Å². The highest BCUT2D eigenvalue weighted by Crippen LogP contribution is 2.17. The molecule has 0 aliphatic rings. The van der Waals surface area contributed by atoms with E-state index in [0.717, 1.165) is 0 Å². The van der Waals surface area contributed by atoms with E-state index in [1.165, 1.54) is 18.2 Å². The molecule has 0 bridgehead atoms. The van der Waals surface area contributed by atoms with Gasteiger partial charge in [0.15, 0.2) is 0 Å². The van der Waals surface area contributed by atoms with Crippen molar-refractivity contribution < 1.29 is 14.7 Å². The van der Waals surface area contributed by atoms with Crippen molar-refractivity contribution in [3.05, 3.63) is 28.8 Å². The Balaban J connectivity index is 2.67. The lowest BCUT2D eigenvalue weighted by Crippen LogP contribution is -2.40. The minimum absolute atomic E-state index is 0.212. The van der Waals surface area contributed by atoms with Crippen molar-refractivity contribution in [3.8, 4) is 0 Å². The molecule has 7 heteroatoms. The van der Waals surface area contributed by atoms with Crippen molar-refractivity contribution in [2.75, 3.05) is 12.3 Å². The summed E-state index contributed by atoms with van der Waals surface area (Å²) in [7, 11) is 0. The summed E-state index contributed by atoms with van der Waals surface area (Å²) >= 11 is 5.68. The number of nitrogen functional groups attached to an aromatic ring is 1. The molecule has 0 saturated carbocycles. The van der Waals surface area contributed by atoms with Crippen LogP contribution in [-0.4, -0.2) is 29.6 Å². The minimum atomic E-state index is -1.42. The van der Waals surface area contributed by atoms with Crippen molar-refractivity contribution in [1.29, 1.82) is 0 Å². The number of benzene rings is 1. The monoisotopic (exact) mass is 257 g/mol. The van der Waals surface area contributed by atoms with Crippen LogP contribution in [0.3, 0.4) is 0 Å². The number of aliphatic hydroxyl groups excluding tert-OH is 1. The first kappa shape index (κ1) is 13.3. The zero-order chi connectivity index (χ0) is 13.0. The van der Waals surface area contributed by atoms with Crippen LogP contribution in [0, 0.1) is 0 Å². The Labute approximate surface area is 103 Å². The molecule has 1 unspecified atom stereocenters. The van der Waals surface area contributed by atoms with Crippen molar-refractivity contribution >= 4 is 29.1 Å². The lowest BCUT2D eigenvalue weighted by atomic mass is 10.1. The highest BCUT2D eigenvalue weighted by molar-refractivity contribution is 6.31. The number of rotatable bonds is 4. The second-order valence-electron chi connectivity index (χ2n) is 3.36. The van der Waals surface area contributed by atoms with Gasteiger partial charge in [-0.3, -0.25) is 9.59 Å². The molecule has 6 N–H and O–H groups in total. The summed E-state index contributed by atoms with van der Waals surface area (Å²) < 4.78 is 0. The lowest BCUT2D eigenvalue weighted by molar-refractivity contribution is -0.125. The number of aliphatic hydroxyl groups is 1. The van der Waals surface area contributed by atoms with Gasteiger partial charge in [-0.15, -0.1) is 0 Å². The fraction of sp³-hybridized carbons (Fsp3) is 0.200. The number of anilines is 1. The second-order valence-corrected chi connectivity index (χ2v) is 3.80. The molecule has 1 rings (SSSR count). The van der Waals surface area contributed by atoms with Gasteiger partial charge in [0.05, 0.1) is 12.1 Å². The third kappa shape index (κ3) is 3.61. The fourth-order valence-corrected chi connectivity index (χ4v) is 1.31. The number of nitrogens with one attached hydrogen (secondary N) is 1. The summed E-state index contributed by atoms with van der Waals surface area (Å²) in [5, 5.41) is 11.8. The first-order valence-electron chi connectivity index (χ1n) is 4.72. The van der Waals surface area contributed by atoms with Crippen molar-refractivity contribution in [3.63, 3.8) is 0 Å². The van der Waals surface area contributed by atoms with Gasteiger partial charge in [0.25, 0.3) is 5.91 Å². The molecule has 0 aliphatic heterocycles. The number of hydrogen-bond donors (Lipinski definition) is 4. The molecule has 2 amide bonds. The quantitative estimate of drug-likeness (QED) is 0.544. The van der Waals surface area contributed by atoms with Gasteiger partial charge in [0.2, 0.25) is 5.91 Å². The summed E-state index contributed by atoms with van der Waals surface area (Å²) in [6.45, 7) is -0.268. The van der Waals surface area contributed by atoms with Crippen LogP contribution >= 0.6 is 11.6 Å². The molecule has 0 aliphatic carbocycles. The van der Waals surface area contributed by atoms with E-state index >= 15 is 0 Å². The Morgan fingerprint density at radius 1 is 1.47 bits per heavy atom. The van der Waals surface area contributed by atoms with E-state index in [-0.39, 0.29) is 17.8 Å². The van der Waals surface area contributed by atoms with Crippen LogP contribution in [0.1, 0.15) is 10.4 Å². The maximum atomic E-state index is 11.6. The van der Waals surface area contributed by atoms with Gasteiger partial charge in [0, 0.05) is 10.7 Å². The third-order valence-electron chi connectivity index (χ3n) is 2.04. The van der Waals surface area contributed by atoms with E-state index in [1.54, 1.807) is 0 Å². The average molecular weight is 258 g/mol. The smallest absolute Gasteiger partial charge is 0.253 e. The van der Waals surface area contributed by atoms with Crippen LogP contribution in [0.2, 0.25) is 5.02 Å². The number of primary amides is 1. The summed E-state index contributed by atoms with van der Waals surface area (Å²) in [5.74, 6) is -1.42. The molecule has 1 atom stereocenters. The first-order chi connectivity index (χ1) is 7.91. The predicted octanol–water partition coefficient (Wildman–Crippen LogP) is -0.502. The Hall–Kier alpha value is -1.79. The first-order valence-corrected chi connectivity index (χ1v) is 5.10. The van der Waals surface area contributed by atoms with E-state index in [2.05, 4.69) is 5.32 Å². The molecule has 0 aromatic heterocycles. The fourth-order valence-electron chi connectivity index (χ4n) is 1.13. The lowest BCUT2D eigenvalue weighted by Gasteiger charge is -2.10. The van der Waals surface area contributed by atoms with Gasteiger partial charge in [-0.05, 0) is 18.2 Å². The zero-order valence-corrected chi connectivity index (χ0v) is 9.57. The van der Waals surface area contributed by atoms with Crippen LogP contribution in [0.25, 0.3) is 0 Å². The van der Waals surface area contributed by atoms with Crippen molar-refractivity contribution in [2.45, 2.75) is 6.10 Å². The van der Waals surface area contributed by atoms with Crippen molar-refractivity contribution in [1.82, 2.24) is 5.32 Å². The van der Waals surface area contributed by atoms with Gasteiger partial charge in [-0.2, -0.15) is 0 Å². The second kappa shape index (κ2) is 5.51. The van der Waals surface area contributed by atoms with E-state index in [9.17, 15) is 9.59 Å². The molecule has 1 aromatic carbocycles. The topological polar surface area (TPSA) is 118 Å². The molecular weight excluding hydrogens is 246 g/mol. The molecular formula is C10H12ClN3O3. The Morgan fingerprint density at radius 3 is 2.65 bits per heavy atom. The molecule has 92 valence electrons. The maximum absolute atomic E-state index is 11.6. The van der Waals surface area contributed by atoms with E-state index in [0.29, 0.717) is 5.02 Å². The third-order valence-corrected chi connectivity index (χ3v) is 2.28. The Morgan fingerprint density at radius 2 is 2.12 bits per heavy atom. The number of nitrogens with two attached hydrogens (primary N) is 2. The summed E-state index contributed by atoms with van der Waals surface area (Å²) in [6.07, 6.45) is -1.42. The van der Waals surface area contributed by atoms with Crippen LogP contribution in [0.4, 0.5) is 5.69 Å². The molecule has 0 fully saturated rings. The highest BCUT2D eigenvalue weighted by atomic mass is 35.5. The average Bonchev–Trinajstić information content (AvgIpc) is 2.25. The largest absolute Gasteiger partial charge is 0.398 e. The van der Waals surface area contributed by atoms with Gasteiger partial charge in [-0.1, -0.05) is 11.6 Å². The Bertz CT molecular complexity index is 450. The number of carbonyl (C=O) groups is 2. The summed E-state index contributed by atoms with van der Waals surface area (Å²) in [5.41, 5.74) is 10.8. The SMILES string of the molecule is NC(=O)C(O)CNC(=O)c1ccc(Cl)cc1N. The highest BCUT2D eigenvalue weighted by Gasteiger charge is 2.14. The molecule has 0 heterocycles. The summed E-state index contributed by atoms with van der Waals surface area (Å²) in [4.78, 5) is 22.1. The minimum Gasteiger partial charge on any atom is -0.398 e. The molecule has 6 nitrogen and oxygen atoms in total. The maximum Gasteiger partial charge on any atom is 0.253 e. The molecule has 0 spiro atoms. The van der Waals surface area contributed by atoms with Gasteiger partial charge in [0.1, 0.15) is 6.10 Å². The van der Waals surface area contributed by atoms with E-state index < -0.39 is 17.9 Å². The van der Waals surface area contributed by atoms with Crippen LogP contribution < -0.4 is 16.8 Å². The van der Waals surface area contributed by atoms with Crippen LogP contribution in [0.15, 0.2) is 18.2 Å². The summed E-state index contributed by atoms with van der Waals surface area (Å²) in [6, 6.07) is 4.39. The van der Waals surface area contributed by atoms with Crippen LogP contribution in [-0.2, 0) is 4.79 Å². The molecule has 0 saturated heterocycles. The molecule has 17 heavy (non-hydrogen) atoms. The molecule has 0 radical (unpaired) electrons. The number of hydrogen-bond acceptors (Lipinski definition) is 4. The zero-order valence-electron chi connectivity index (χ0n) is 8.81. The number of amides is 2. The van der Waals surface area contributed by atoms with E-state index in [4.69, 9.17) is 28.2 Å². The standard InChI is InChI=1S/C10H12ClN3O3/c11-5-1-2-6(7(12)3-5)10(17)14-4-8(15)9(13)16/h1-3,8,15H,4,12H2,(H2,13,16)(H,14,17). The van der Waals surface area contributed by atoms with Crippen molar-refractivity contribution in [2.24, 2.45) is 5.73 Å². The van der Waals surface area contributed by atoms with Gasteiger partial charge in [-0.25, -0.2) is 0 Å².